The van der Waals surface area contributed by atoms with Crippen molar-refractivity contribution in [1.82, 2.24) is 9.88 Å². The van der Waals surface area contributed by atoms with Crippen molar-refractivity contribution in [2.75, 3.05) is 27.8 Å². The molecule has 152 valence electrons. The number of ether oxygens (including phenoxy) is 2. The molecule has 2 heterocycles. The first-order valence-electron chi connectivity index (χ1n) is 10.1. The number of methoxy groups -OCH3 is 2. The van der Waals surface area contributed by atoms with Gasteiger partial charge in [-0.15, -0.1) is 0 Å². The summed E-state index contributed by atoms with van der Waals surface area (Å²) in [6.45, 7) is 1.83. The summed E-state index contributed by atoms with van der Waals surface area (Å²) in [6.07, 6.45) is 0.970. The third kappa shape index (κ3) is 2.85. The molecule has 0 radical (unpaired) electrons. The van der Waals surface area contributed by atoms with Gasteiger partial charge < -0.3 is 19.5 Å². The number of hydrogen-bond acceptors (Lipinski definition) is 5. The van der Waals surface area contributed by atoms with Crippen molar-refractivity contribution < 1.29 is 14.6 Å². The molecule has 0 aliphatic carbocycles. The second-order valence-corrected chi connectivity index (χ2v) is 7.82. The lowest BCUT2D eigenvalue weighted by Gasteiger charge is -2.28. The molecule has 0 saturated carbocycles. The Bertz CT molecular complexity index is 1260. The van der Waals surface area contributed by atoms with Crippen LogP contribution in [0.5, 0.6) is 17.2 Å². The van der Waals surface area contributed by atoms with Crippen LogP contribution < -0.4 is 9.47 Å². The number of pyridine rings is 1. The van der Waals surface area contributed by atoms with Crippen molar-refractivity contribution in [1.29, 1.82) is 0 Å². The second kappa shape index (κ2) is 7.18. The molecule has 0 fully saturated rings. The Hall–Kier alpha value is -3.31. The van der Waals surface area contributed by atoms with Gasteiger partial charge >= 0.3 is 0 Å². The van der Waals surface area contributed by atoms with E-state index in [0.717, 1.165) is 36.3 Å². The molecule has 1 aliphatic rings. The van der Waals surface area contributed by atoms with Crippen molar-refractivity contribution in [3.63, 3.8) is 0 Å². The first kappa shape index (κ1) is 18.7. The van der Waals surface area contributed by atoms with Crippen molar-refractivity contribution in [2.24, 2.45) is 0 Å². The molecule has 0 bridgehead atoms. The molecular weight excluding hydrogens is 376 g/mol. The molecule has 0 saturated heterocycles. The van der Waals surface area contributed by atoms with E-state index in [1.165, 1.54) is 27.3 Å². The number of hydrogen-bond donors (Lipinski definition) is 1. The first-order chi connectivity index (χ1) is 14.6. The minimum absolute atomic E-state index is 0.00141. The molecule has 3 aromatic carbocycles. The summed E-state index contributed by atoms with van der Waals surface area (Å²) in [5.41, 5.74) is 5.36. The van der Waals surface area contributed by atoms with E-state index in [1.807, 2.05) is 12.1 Å². The van der Waals surface area contributed by atoms with Crippen LogP contribution in [-0.4, -0.2) is 42.8 Å². The molecule has 5 rings (SSSR count). The third-order valence-corrected chi connectivity index (χ3v) is 6.02. The summed E-state index contributed by atoms with van der Waals surface area (Å²) < 4.78 is 10.8. The van der Waals surface area contributed by atoms with Gasteiger partial charge in [0.2, 0.25) is 5.75 Å². The highest BCUT2D eigenvalue weighted by Gasteiger charge is 2.24. The Morgan fingerprint density at radius 2 is 1.70 bits per heavy atom. The van der Waals surface area contributed by atoms with E-state index >= 15 is 0 Å². The van der Waals surface area contributed by atoms with Crippen LogP contribution in [0, 0.1) is 0 Å². The minimum Gasteiger partial charge on any atom is -0.502 e. The Balaban J connectivity index is 1.86. The summed E-state index contributed by atoms with van der Waals surface area (Å²) in [5, 5.41) is 14.1. The van der Waals surface area contributed by atoms with Crippen molar-refractivity contribution in [3.8, 4) is 28.5 Å². The molecule has 1 N–H and O–H groups in total. The van der Waals surface area contributed by atoms with Crippen LogP contribution in [0.2, 0.25) is 0 Å². The maximum Gasteiger partial charge on any atom is 0.200 e. The van der Waals surface area contributed by atoms with Gasteiger partial charge in [0, 0.05) is 24.0 Å². The summed E-state index contributed by atoms with van der Waals surface area (Å²) in [5.74, 6) is 0.756. The minimum atomic E-state index is 0.00141. The topological polar surface area (TPSA) is 54.8 Å². The summed E-state index contributed by atoms with van der Waals surface area (Å²) in [6, 6.07) is 16.4. The van der Waals surface area contributed by atoms with Crippen LogP contribution in [0.4, 0.5) is 0 Å². The highest BCUT2D eigenvalue weighted by Crippen LogP contribution is 2.43. The van der Waals surface area contributed by atoms with Gasteiger partial charge in [-0.25, -0.2) is 4.98 Å². The lowest BCUT2D eigenvalue weighted by atomic mass is 9.89. The predicted molar refractivity (Wildman–Crippen MR) is 119 cm³/mol. The molecule has 0 unspecified atom stereocenters. The van der Waals surface area contributed by atoms with Gasteiger partial charge in [0.25, 0.3) is 0 Å². The van der Waals surface area contributed by atoms with Crippen LogP contribution in [0.25, 0.3) is 32.9 Å². The average molecular weight is 400 g/mol. The molecule has 0 atom stereocenters. The number of phenolic OH excluding ortho intramolecular Hbond substituents is 1. The number of phenols is 1. The van der Waals surface area contributed by atoms with E-state index in [-0.39, 0.29) is 5.75 Å². The number of likely N-dealkylation sites (N-methyl/N-ethyl adjacent to an activating group) is 1. The Morgan fingerprint density at radius 3 is 2.43 bits per heavy atom. The lowest BCUT2D eigenvalue weighted by Crippen LogP contribution is -2.27. The van der Waals surface area contributed by atoms with Crippen molar-refractivity contribution >= 4 is 21.7 Å². The zero-order chi connectivity index (χ0) is 20.8. The van der Waals surface area contributed by atoms with Gasteiger partial charge in [-0.3, -0.25) is 0 Å². The molecule has 5 heteroatoms. The fourth-order valence-electron chi connectivity index (χ4n) is 4.52. The summed E-state index contributed by atoms with van der Waals surface area (Å²) in [7, 11) is 5.22. The first-order valence-corrected chi connectivity index (χ1v) is 10.1. The van der Waals surface area contributed by atoms with E-state index < -0.39 is 0 Å². The van der Waals surface area contributed by atoms with Crippen LogP contribution in [-0.2, 0) is 13.0 Å². The summed E-state index contributed by atoms with van der Waals surface area (Å²) in [4.78, 5) is 7.42. The van der Waals surface area contributed by atoms with Gasteiger partial charge in [0.05, 0.1) is 25.4 Å². The quantitative estimate of drug-likeness (QED) is 0.502. The number of nitrogens with zero attached hydrogens (tertiary/aromatic N) is 2. The van der Waals surface area contributed by atoms with E-state index in [0.29, 0.717) is 11.5 Å². The molecule has 1 aromatic heterocycles. The molecule has 0 spiro atoms. The number of aromatic hydroxyl groups is 1. The molecular formula is C25H24N2O3. The average Bonchev–Trinajstić information content (AvgIpc) is 2.78. The Kier molecular flexibility index (Phi) is 4.48. The maximum atomic E-state index is 10.4. The van der Waals surface area contributed by atoms with E-state index in [9.17, 15) is 5.11 Å². The largest absolute Gasteiger partial charge is 0.502 e. The van der Waals surface area contributed by atoms with Gasteiger partial charge in [-0.1, -0.05) is 30.3 Å². The number of fused-ring (bicyclic) bond motifs is 5. The van der Waals surface area contributed by atoms with Crippen LogP contribution >= 0.6 is 0 Å². The van der Waals surface area contributed by atoms with E-state index in [2.05, 4.69) is 48.3 Å². The number of benzene rings is 3. The van der Waals surface area contributed by atoms with Crippen LogP contribution in [0.15, 0.2) is 48.5 Å². The fraction of sp³-hybridized carbons (Fsp3) is 0.240. The van der Waals surface area contributed by atoms with Gasteiger partial charge in [0.15, 0.2) is 11.5 Å². The highest BCUT2D eigenvalue weighted by atomic mass is 16.5. The second-order valence-electron chi connectivity index (χ2n) is 7.82. The van der Waals surface area contributed by atoms with Crippen molar-refractivity contribution in [2.45, 2.75) is 13.0 Å². The van der Waals surface area contributed by atoms with Gasteiger partial charge in [-0.05, 0) is 53.6 Å². The molecule has 4 aromatic rings. The number of rotatable bonds is 3. The lowest BCUT2D eigenvalue weighted by molar-refractivity contribution is 0.314. The fourth-order valence-corrected chi connectivity index (χ4v) is 4.52. The van der Waals surface area contributed by atoms with Gasteiger partial charge in [-0.2, -0.15) is 0 Å². The maximum absolute atomic E-state index is 10.4. The zero-order valence-corrected chi connectivity index (χ0v) is 17.4. The molecule has 5 nitrogen and oxygen atoms in total. The SMILES string of the molecule is COc1cc(-c2nc3ccc4ccccc4c3c3c2CN(C)CC3)cc(OC)c1O. The smallest absolute Gasteiger partial charge is 0.200 e. The predicted octanol–water partition coefficient (Wildman–Crippen LogP) is 4.77. The van der Waals surface area contributed by atoms with Crippen LogP contribution in [0.3, 0.4) is 0 Å². The molecule has 1 aliphatic heterocycles. The monoisotopic (exact) mass is 400 g/mol. The Morgan fingerprint density at radius 1 is 0.967 bits per heavy atom. The summed E-state index contributed by atoms with van der Waals surface area (Å²) >= 11 is 0. The molecule has 30 heavy (non-hydrogen) atoms. The standard InChI is InChI=1S/C25H24N2O3/c1-27-11-10-18-19(14-27)24(16-12-21(29-2)25(28)22(13-16)30-3)26-20-9-8-15-6-4-5-7-17(15)23(18)20/h4-9,12-13,28H,10-11,14H2,1-3H3. The normalized spacial score (nSPS) is 14.1. The van der Waals surface area contributed by atoms with Gasteiger partial charge in [0.1, 0.15) is 0 Å². The van der Waals surface area contributed by atoms with Crippen LogP contribution in [0.1, 0.15) is 11.1 Å². The number of aromatic nitrogens is 1. The van der Waals surface area contributed by atoms with Crippen molar-refractivity contribution in [3.05, 3.63) is 59.7 Å². The zero-order valence-electron chi connectivity index (χ0n) is 17.4. The van der Waals surface area contributed by atoms with E-state index in [1.54, 1.807) is 14.2 Å². The highest BCUT2D eigenvalue weighted by molar-refractivity contribution is 6.09. The molecule has 0 amide bonds. The Labute approximate surface area is 175 Å². The van der Waals surface area contributed by atoms with E-state index in [4.69, 9.17) is 14.5 Å². The third-order valence-electron chi connectivity index (χ3n) is 6.02.